The zero-order chi connectivity index (χ0) is 13.8. The van der Waals surface area contributed by atoms with Gasteiger partial charge < -0.3 is 9.64 Å². The summed E-state index contributed by atoms with van der Waals surface area (Å²) in [4.78, 5) is 13.6. The minimum Gasteiger partial charge on any atom is -0.494 e. The lowest BCUT2D eigenvalue weighted by Gasteiger charge is -2.23. The van der Waals surface area contributed by atoms with Crippen molar-refractivity contribution in [2.75, 3.05) is 13.7 Å². The van der Waals surface area contributed by atoms with Crippen LogP contribution in [0.15, 0.2) is 24.3 Å². The van der Waals surface area contributed by atoms with E-state index in [4.69, 9.17) is 4.74 Å². The van der Waals surface area contributed by atoms with E-state index in [0.29, 0.717) is 6.61 Å². The monoisotopic (exact) mass is 258 g/mol. The van der Waals surface area contributed by atoms with Crippen molar-refractivity contribution < 1.29 is 9.53 Å². The lowest BCUT2D eigenvalue weighted by atomic mass is 10.1. The van der Waals surface area contributed by atoms with Gasteiger partial charge in [-0.1, -0.05) is 12.1 Å². The van der Waals surface area contributed by atoms with Gasteiger partial charge in [-0.05, 0) is 37.5 Å². The van der Waals surface area contributed by atoms with Crippen molar-refractivity contribution in [2.24, 2.45) is 5.92 Å². The van der Waals surface area contributed by atoms with E-state index >= 15 is 0 Å². The Hall–Kier alpha value is -2.02. The summed E-state index contributed by atoms with van der Waals surface area (Å²) in [5.41, 5.74) is 0.796. The average molecular weight is 258 g/mol. The number of carbonyl (C=O) groups is 1. The molecule has 0 heterocycles. The summed E-state index contributed by atoms with van der Waals surface area (Å²) in [7, 11) is 1.70. The zero-order valence-electron chi connectivity index (χ0n) is 11.3. The molecule has 0 radical (unpaired) electrons. The second-order valence-electron chi connectivity index (χ2n) is 4.76. The van der Waals surface area contributed by atoms with Crippen molar-refractivity contribution in [3.05, 3.63) is 29.8 Å². The molecule has 4 heteroatoms. The van der Waals surface area contributed by atoms with Gasteiger partial charge in [0.1, 0.15) is 11.8 Å². The highest BCUT2D eigenvalue weighted by Crippen LogP contribution is 2.33. The number of hydrogen-bond donors (Lipinski definition) is 0. The number of hydrogen-bond acceptors (Lipinski definition) is 3. The molecule has 2 rings (SSSR count). The van der Waals surface area contributed by atoms with E-state index < -0.39 is 6.04 Å². The first-order chi connectivity index (χ1) is 9.17. The molecule has 4 nitrogen and oxygen atoms in total. The first kappa shape index (κ1) is 13.4. The summed E-state index contributed by atoms with van der Waals surface area (Å²) >= 11 is 0. The quantitative estimate of drug-likeness (QED) is 0.815. The van der Waals surface area contributed by atoms with E-state index in [-0.39, 0.29) is 11.8 Å². The fraction of sp³-hybridized carbons (Fsp3) is 0.467. The van der Waals surface area contributed by atoms with Crippen LogP contribution in [0.2, 0.25) is 0 Å². The maximum Gasteiger partial charge on any atom is 0.226 e. The Bertz CT molecular complexity index is 503. The summed E-state index contributed by atoms with van der Waals surface area (Å²) in [5, 5.41) is 9.34. The van der Waals surface area contributed by atoms with Gasteiger partial charge in [-0.25, -0.2) is 0 Å². The Morgan fingerprint density at radius 1 is 1.58 bits per heavy atom. The molecule has 1 aliphatic carbocycles. The second-order valence-corrected chi connectivity index (χ2v) is 4.76. The molecule has 0 saturated heterocycles. The molecule has 1 amide bonds. The highest BCUT2D eigenvalue weighted by atomic mass is 16.5. The number of benzene rings is 1. The second kappa shape index (κ2) is 5.75. The van der Waals surface area contributed by atoms with E-state index in [1.807, 2.05) is 31.2 Å². The minimum atomic E-state index is -0.548. The van der Waals surface area contributed by atoms with Crippen molar-refractivity contribution in [2.45, 2.75) is 25.8 Å². The molecule has 19 heavy (non-hydrogen) atoms. The molecule has 1 saturated carbocycles. The van der Waals surface area contributed by atoms with Crippen LogP contribution in [0, 0.1) is 17.2 Å². The molecular formula is C15H18N2O2. The molecule has 1 aliphatic rings. The molecule has 0 bridgehead atoms. The Morgan fingerprint density at radius 2 is 2.32 bits per heavy atom. The van der Waals surface area contributed by atoms with E-state index in [2.05, 4.69) is 6.07 Å². The van der Waals surface area contributed by atoms with Gasteiger partial charge in [0.15, 0.2) is 0 Å². The number of carbonyl (C=O) groups excluding carboxylic acids is 1. The molecule has 1 atom stereocenters. The predicted molar refractivity (Wildman–Crippen MR) is 71.5 cm³/mol. The van der Waals surface area contributed by atoms with Gasteiger partial charge in [-0.3, -0.25) is 4.79 Å². The summed E-state index contributed by atoms with van der Waals surface area (Å²) in [6.45, 7) is 2.49. The highest BCUT2D eigenvalue weighted by molar-refractivity contribution is 5.81. The van der Waals surface area contributed by atoms with Gasteiger partial charge in [0.05, 0.1) is 12.7 Å². The van der Waals surface area contributed by atoms with E-state index in [1.165, 1.54) is 0 Å². The van der Waals surface area contributed by atoms with Gasteiger partial charge in [-0.15, -0.1) is 0 Å². The molecule has 1 aromatic rings. The highest BCUT2D eigenvalue weighted by Gasteiger charge is 2.35. The summed E-state index contributed by atoms with van der Waals surface area (Å²) in [5.74, 6) is 0.914. The van der Waals surface area contributed by atoms with Crippen LogP contribution < -0.4 is 4.74 Å². The van der Waals surface area contributed by atoms with Gasteiger partial charge >= 0.3 is 0 Å². The minimum absolute atomic E-state index is 0.0633. The Balaban J connectivity index is 2.18. The average Bonchev–Trinajstić information content (AvgIpc) is 3.24. The molecule has 1 fully saturated rings. The van der Waals surface area contributed by atoms with Crippen molar-refractivity contribution in [3.8, 4) is 11.8 Å². The van der Waals surface area contributed by atoms with Crippen molar-refractivity contribution in [1.29, 1.82) is 5.26 Å². The number of ether oxygens (including phenoxy) is 1. The van der Waals surface area contributed by atoms with Crippen LogP contribution in [0.4, 0.5) is 0 Å². The zero-order valence-corrected chi connectivity index (χ0v) is 11.3. The molecular weight excluding hydrogens is 240 g/mol. The lowest BCUT2D eigenvalue weighted by molar-refractivity contribution is -0.132. The maximum absolute atomic E-state index is 12.0. The van der Waals surface area contributed by atoms with E-state index in [1.54, 1.807) is 11.9 Å². The van der Waals surface area contributed by atoms with Crippen LogP contribution in [0.3, 0.4) is 0 Å². The number of nitriles is 1. The normalized spacial score (nSPS) is 15.4. The smallest absolute Gasteiger partial charge is 0.226 e. The Kier molecular flexibility index (Phi) is 4.06. The molecule has 0 aromatic heterocycles. The summed E-state index contributed by atoms with van der Waals surface area (Å²) in [6, 6.07) is 9.03. The van der Waals surface area contributed by atoms with E-state index in [9.17, 15) is 10.1 Å². The molecule has 1 aromatic carbocycles. The first-order valence-corrected chi connectivity index (χ1v) is 6.56. The van der Waals surface area contributed by atoms with Crippen molar-refractivity contribution in [3.63, 3.8) is 0 Å². The number of amides is 1. The van der Waals surface area contributed by atoms with Crippen LogP contribution >= 0.6 is 0 Å². The van der Waals surface area contributed by atoms with Crippen LogP contribution in [-0.2, 0) is 4.79 Å². The van der Waals surface area contributed by atoms with Crippen LogP contribution in [0.25, 0.3) is 0 Å². The number of rotatable bonds is 5. The fourth-order valence-electron chi connectivity index (χ4n) is 2.07. The lowest BCUT2D eigenvalue weighted by Crippen LogP contribution is -2.31. The largest absolute Gasteiger partial charge is 0.494 e. The van der Waals surface area contributed by atoms with Crippen LogP contribution in [-0.4, -0.2) is 24.5 Å². The fourth-order valence-corrected chi connectivity index (χ4v) is 2.07. The third kappa shape index (κ3) is 3.05. The summed E-state index contributed by atoms with van der Waals surface area (Å²) in [6.07, 6.45) is 1.89. The summed E-state index contributed by atoms with van der Waals surface area (Å²) < 4.78 is 5.43. The number of nitrogens with zero attached hydrogens (tertiary/aromatic N) is 2. The topological polar surface area (TPSA) is 53.3 Å². The Morgan fingerprint density at radius 3 is 2.89 bits per heavy atom. The molecule has 0 N–H and O–H groups in total. The van der Waals surface area contributed by atoms with Gasteiger partial charge in [0.2, 0.25) is 5.91 Å². The third-order valence-corrected chi connectivity index (χ3v) is 3.27. The standard InChI is InChI=1S/C15H18N2O2/c1-3-19-13-6-4-5-12(9-13)14(10-16)17(2)15(18)11-7-8-11/h4-6,9,11,14H,3,7-8H2,1-2H3. The maximum atomic E-state index is 12.0. The molecule has 0 aliphatic heterocycles. The van der Waals surface area contributed by atoms with Crippen LogP contribution in [0.5, 0.6) is 5.75 Å². The van der Waals surface area contributed by atoms with E-state index in [0.717, 1.165) is 24.2 Å². The molecule has 100 valence electrons. The third-order valence-electron chi connectivity index (χ3n) is 3.27. The Labute approximate surface area is 113 Å². The predicted octanol–water partition coefficient (Wildman–Crippen LogP) is 2.52. The van der Waals surface area contributed by atoms with Gasteiger partial charge in [-0.2, -0.15) is 5.26 Å². The first-order valence-electron chi connectivity index (χ1n) is 6.56. The van der Waals surface area contributed by atoms with Gasteiger partial charge in [0, 0.05) is 13.0 Å². The SMILES string of the molecule is CCOc1cccc(C(C#N)N(C)C(=O)C2CC2)c1. The van der Waals surface area contributed by atoms with Crippen LogP contribution in [0.1, 0.15) is 31.4 Å². The molecule has 1 unspecified atom stereocenters. The van der Waals surface area contributed by atoms with Gasteiger partial charge in [0.25, 0.3) is 0 Å². The van der Waals surface area contributed by atoms with Crippen molar-refractivity contribution in [1.82, 2.24) is 4.90 Å². The molecule has 0 spiro atoms. The van der Waals surface area contributed by atoms with Crippen molar-refractivity contribution >= 4 is 5.91 Å².